The Bertz CT molecular complexity index is 835. The van der Waals surface area contributed by atoms with E-state index >= 15 is 0 Å². The number of hydrogen-bond donors (Lipinski definition) is 2. The number of anilines is 1. The number of piperidine rings is 1. The van der Waals surface area contributed by atoms with E-state index in [2.05, 4.69) is 25.2 Å². The van der Waals surface area contributed by atoms with Gasteiger partial charge in [-0.2, -0.15) is 0 Å². The summed E-state index contributed by atoms with van der Waals surface area (Å²) in [7, 11) is 0. The molecule has 0 unspecified atom stereocenters. The zero-order valence-electron chi connectivity index (χ0n) is 14.7. The lowest BCUT2D eigenvalue weighted by molar-refractivity contribution is 0.0930. The molecule has 1 aliphatic heterocycles. The van der Waals surface area contributed by atoms with Crippen molar-refractivity contribution in [1.82, 2.24) is 20.3 Å². The van der Waals surface area contributed by atoms with Gasteiger partial charge in [0.05, 0.1) is 5.56 Å². The summed E-state index contributed by atoms with van der Waals surface area (Å²) < 4.78 is 0. The second-order valence-electron chi connectivity index (χ2n) is 7.01. The minimum Gasteiger partial charge on any atom is -0.356 e. The van der Waals surface area contributed by atoms with Crippen LogP contribution in [-0.2, 0) is 12.8 Å². The quantitative estimate of drug-likeness (QED) is 0.871. The van der Waals surface area contributed by atoms with Gasteiger partial charge in [0.15, 0.2) is 0 Å². The van der Waals surface area contributed by atoms with E-state index in [-0.39, 0.29) is 17.5 Å². The van der Waals surface area contributed by atoms with Crippen LogP contribution in [0.4, 0.5) is 5.82 Å². The molecule has 0 aromatic carbocycles. The van der Waals surface area contributed by atoms with Gasteiger partial charge in [0.1, 0.15) is 12.1 Å². The maximum absolute atomic E-state index is 12.3. The molecule has 7 heteroatoms. The number of rotatable bonds is 3. The average Bonchev–Trinajstić information content (AvgIpc) is 2.69. The third-order valence-electron chi connectivity index (χ3n) is 5.28. The van der Waals surface area contributed by atoms with Crippen LogP contribution in [0, 0.1) is 0 Å². The third kappa shape index (κ3) is 3.47. The summed E-state index contributed by atoms with van der Waals surface area (Å²) in [5.74, 6) is 0.944. The van der Waals surface area contributed by atoms with Gasteiger partial charge in [-0.3, -0.25) is 9.59 Å². The van der Waals surface area contributed by atoms with E-state index in [9.17, 15) is 9.59 Å². The Morgan fingerprint density at radius 1 is 1.15 bits per heavy atom. The molecule has 26 heavy (non-hydrogen) atoms. The van der Waals surface area contributed by atoms with Gasteiger partial charge in [-0.15, -0.1) is 0 Å². The molecule has 1 saturated heterocycles. The average molecular weight is 353 g/mol. The molecule has 0 radical (unpaired) electrons. The molecule has 1 aliphatic carbocycles. The summed E-state index contributed by atoms with van der Waals surface area (Å²) in [6.45, 7) is 1.75. The highest BCUT2D eigenvalue weighted by Gasteiger charge is 2.25. The standard InChI is InChI=1S/C19H23N5O2/c25-17-6-5-13(11-20-17)19(26)23-14-7-9-24(10-8-14)18-15-3-1-2-4-16(15)21-12-22-18/h5-6,11-12,14H,1-4,7-10H2,(H,20,25)(H,23,26). The van der Waals surface area contributed by atoms with E-state index in [1.165, 1.54) is 36.4 Å². The normalized spacial score (nSPS) is 17.6. The number of aromatic nitrogens is 3. The number of H-pyrrole nitrogens is 1. The number of nitrogens with one attached hydrogen (secondary N) is 2. The Morgan fingerprint density at radius 2 is 1.96 bits per heavy atom. The lowest BCUT2D eigenvalue weighted by atomic mass is 9.95. The molecular formula is C19H23N5O2. The van der Waals surface area contributed by atoms with Gasteiger partial charge in [-0.1, -0.05) is 0 Å². The predicted molar refractivity (Wildman–Crippen MR) is 98.4 cm³/mol. The molecule has 2 N–H and O–H groups in total. The van der Waals surface area contributed by atoms with Crippen molar-refractivity contribution in [2.45, 2.75) is 44.6 Å². The molecule has 0 spiro atoms. The molecule has 1 amide bonds. The van der Waals surface area contributed by atoms with Crippen LogP contribution in [0.2, 0.25) is 0 Å². The van der Waals surface area contributed by atoms with Gasteiger partial charge >= 0.3 is 0 Å². The number of carbonyl (C=O) groups excluding carboxylic acids is 1. The maximum Gasteiger partial charge on any atom is 0.252 e. The molecule has 0 bridgehead atoms. The molecule has 3 heterocycles. The molecule has 0 saturated carbocycles. The highest BCUT2D eigenvalue weighted by molar-refractivity contribution is 5.94. The van der Waals surface area contributed by atoms with Crippen LogP contribution in [0.25, 0.3) is 0 Å². The Morgan fingerprint density at radius 3 is 2.73 bits per heavy atom. The van der Waals surface area contributed by atoms with Gasteiger partial charge in [0.25, 0.3) is 5.91 Å². The summed E-state index contributed by atoms with van der Waals surface area (Å²) in [4.78, 5) is 37.3. The number of carbonyl (C=O) groups is 1. The van der Waals surface area contributed by atoms with Crippen LogP contribution in [-0.4, -0.2) is 40.0 Å². The van der Waals surface area contributed by atoms with Crippen LogP contribution < -0.4 is 15.8 Å². The Kier molecular flexibility index (Phi) is 4.69. The third-order valence-corrected chi connectivity index (χ3v) is 5.28. The summed E-state index contributed by atoms with van der Waals surface area (Å²) in [6, 6.07) is 3.06. The van der Waals surface area contributed by atoms with Crippen LogP contribution in [0.15, 0.2) is 29.5 Å². The summed E-state index contributed by atoms with van der Waals surface area (Å²) in [6.07, 6.45) is 9.44. The van der Waals surface area contributed by atoms with E-state index in [4.69, 9.17) is 0 Å². The first-order valence-electron chi connectivity index (χ1n) is 9.28. The highest BCUT2D eigenvalue weighted by Crippen LogP contribution is 2.28. The molecule has 2 aromatic rings. The van der Waals surface area contributed by atoms with Gasteiger partial charge in [0, 0.05) is 42.7 Å². The Balaban J connectivity index is 1.38. The first-order valence-corrected chi connectivity index (χ1v) is 9.28. The fourth-order valence-electron chi connectivity index (χ4n) is 3.83. The summed E-state index contributed by atoms with van der Waals surface area (Å²) >= 11 is 0. The lowest BCUT2D eigenvalue weighted by Gasteiger charge is -2.35. The van der Waals surface area contributed by atoms with Gasteiger partial charge in [-0.25, -0.2) is 9.97 Å². The second-order valence-corrected chi connectivity index (χ2v) is 7.01. The molecule has 2 aromatic heterocycles. The van der Waals surface area contributed by atoms with Crippen molar-refractivity contribution in [3.63, 3.8) is 0 Å². The van der Waals surface area contributed by atoms with Crippen molar-refractivity contribution in [2.75, 3.05) is 18.0 Å². The van der Waals surface area contributed by atoms with E-state index in [0.29, 0.717) is 5.56 Å². The molecular weight excluding hydrogens is 330 g/mol. The van der Waals surface area contributed by atoms with Crippen LogP contribution in [0.3, 0.4) is 0 Å². The Hall–Kier alpha value is -2.70. The monoisotopic (exact) mass is 353 g/mol. The summed E-state index contributed by atoms with van der Waals surface area (Å²) in [5, 5.41) is 3.07. The lowest BCUT2D eigenvalue weighted by Crippen LogP contribution is -2.45. The smallest absolute Gasteiger partial charge is 0.252 e. The Labute approximate surface area is 151 Å². The molecule has 136 valence electrons. The van der Waals surface area contributed by atoms with Crippen LogP contribution >= 0.6 is 0 Å². The number of amides is 1. The molecule has 0 atom stereocenters. The van der Waals surface area contributed by atoms with Crippen molar-refractivity contribution in [3.05, 3.63) is 51.8 Å². The van der Waals surface area contributed by atoms with Crippen molar-refractivity contribution in [1.29, 1.82) is 0 Å². The number of fused-ring (bicyclic) bond motifs is 1. The minimum atomic E-state index is -0.206. The first-order chi connectivity index (χ1) is 12.7. The number of hydrogen-bond acceptors (Lipinski definition) is 5. The van der Waals surface area contributed by atoms with Crippen molar-refractivity contribution in [2.24, 2.45) is 0 Å². The SMILES string of the molecule is O=C(NC1CCN(c2ncnc3c2CCCC3)CC1)c1ccc(=O)[nH]c1. The minimum absolute atomic E-state index is 0.140. The number of pyridine rings is 1. The van der Waals surface area contributed by atoms with Crippen LogP contribution in [0.5, 0.6) is 0 Å². The fourth-order valence-corrected chi connectivity index (χ4v) is 3.83. The van der Waals surface area contributed by atoms with E-state index in [1.54, 1.807) is 12.4 Å². The highest BCUT2D eigenvalue weighted by atomic mass is 16.2. The number of aryl methyl sites for hydroxylation is 1. The van der Waals surface area contributed by atoms with Crippen molar-refractivity contribution >= 4 is 11.7 Å². The first kappa shape index (κ1) is 16.8. The fraction of sp³-hybridized carbons (Fsp3) is 0.474. The van der Waals surface area contributed by atoms with Crippen molar-refractivity contribution < 1.29 is 4.79 Å². The van der Waals surface area contributed by atoms with Crippen LogP contribution in [0.1, 0.15) is 47.3 Å². The van der Waals surface area contributed by atoms with Gasteiger partial charge < -0.3 is 15.2 Å². The van der Waals surface area contributed by atoms with E-state index in [0.717, 1.165) is 44.6 Å². The molecule has 2 aliphatic rings. The zero-order valence-corrected chi connectivity index (χ0v) is 14.7. The topological polar surface area (TPSA) is 91.0 Å². The largest absolute Gasteiger partial charge is 0.356 e. The van der Waals surface area contributed by atoms with E-state index in [1.807, 2.05) is 0 Å². The number of nitrogens with zero attached hydrogens (tertiary/aromatic N) is 3. The van der Waals surface area contributed by atoms with Gasteiger partial charge in [0.2, 0.25) is 5.56 Å². The van der Waals surface area contributed by atoms with E-state index < -0.39 is 0 Å². The molecule has 1 fully saturated rings. The number of aromatic amines is 1. The maximum atomic E-state index is 12.3. The molecule has 7 nitrogen and oxygen atoms in total. The van der Waals surface area contributed by atoms with Gasteiger partial charge in [-0.05, 0) is 44.6 Å². The molecule has 4 rings (SSSR count). The second kappa shape index (κ2) is 7.27. The zero-order chi connectivity index (χ0) is 17.9. The van der Waals surface area contributed by atoms with Crippen molar-refractivity contribution in [3.8, 4) is 0 Å². The summed E-state index contributed by atoms with van der Waals surface area (Å²) in [5.41, 5.74) is 2.80. The predicted octanol–water partition coefficient (Wildman–Crippen LogP) is 1.44.